The second-order valence-corrected chi connectivity index (χ2v) is 8.82. The zero-order valence-corrected chi connectivity index (χ0v) is 14.1. The van der Waals surface area contributed by atoms with Crippen LogP contribution in [-0.4, -0.2) is 11.7 Å². The van der Waals surface area contributed by atoms with Crippen molar-refractivity contribution in [3.05, 3.63) is 11.1 Å². The van der Waals surface area contributed by atoms with Crippen LogP contribution in [0.5, 0.6) is 0 Å². The summed E-state index contributed by atoms with van der Waals surface area (Å²) in [7, 11) is 0. The molecule has 0 heterocycles. The van der Waals surface area contributed by atoms with Gasteiger partial charge in [-0.25, -0.2) is 0 Å². The first-order valence-corrected chi connectivity index (χ1v) is 8.65. The third kappa shape index (κ3) is 1.59. The minimum absolute atomic E-state index is 0.340. The normalized spacial score (nSPS) is 39.0. The van der Waals surface area contributed by atoms with Crippen LogP contribution in [0.25, 0.3) is 0 Å². The fourth-order valence-electron chi connectivity index (χ4n) is 6.09. The van der Waals surface area contributed by atoms with Crippen LogP contribution in [-0.2, 0) is 0 Å². The first-order chi connectivity index (χ1) is 9.30. The van der Waals surface area contributed by atoms with Crippen molar-refractivity contribution in [2.24, 2.45) is 28.1 Å². The Kier molecular flexibility index (Phi) is 3.18. The van der Waals surface area contributed by atoms with E-state index in [2.05, 4.69) is 34.6 Å². The van der Waals surface area contributed by atoms with E-state index in [0.717, 1.165) is 12.3 Å². The zero-order valence-electron chi connectivity index (χ0n) is 14.1. The molecule has 1 N–H and O–H groups in total. The monoisotopic (exact) mass is 276 g/mol. The fraction of sp³-hybridized carbons (Fsp3) is 0.895. The van der Waals surface area contributed by atoms with E-state index in [1.54, 1.807) is 11.1 Å². The standard InChI is InChI=1S/C19H32O/c1-6-13(12-20)15-8-9-17(2,3)19-10-7-14(11-19)18(4,5)16(15)19/h13-14,20H,6-12H2,1-5H3/t13-,14+,19?/m1/s1. The predicted octanol–water partition coefficient (Wildman–Crippen LogP) is 4.95. The number of hydrogen-bond donors (Lipinski definition) is 1. The third-order valence-electron chi connectivity index (χ3n) is 7.50. The molecule has 3 aliphatic rings. The van der Waals surface area contributed by atoms with Crippen LogP contribution < -0.4 is 0 Å². The van der Waals surface area contributed by atoms with Gasteiger partial charge in [-0.1, -0.05) is 45.8 Å². The van der Waals surface area contributed by atoms with E-state index in [1.807, 2.05) is 0 Å². The second kappa shape index (κ2) is 4.35. The van der Waals surface area contributed by atoms with Gasteiger partial charge in [-0.2, -0.15) is 0 Å². The van der Waals surface area contributed by atoms with Crippen molar-refractivity contribution in [2.75, 3.05) is 6.61 Å². The highest BCUT2D eigenvalue weighted by Crippen LogP contribution is 2.75. The highest BCUT2D eigenvalue weighted by atomic mass is 16.3. The van der Waals surface area contributed by atoms with Crippen LogP contribution in [0.1, 0.15) is 73.1 Å². The van der Waals surface area contributed by atoms with Gasteiger partial charge in [-0.15, -0.1) is 0 Å². The maximum absolute atomic E-state index is 9.83. The molecule has 3 aliphatic carbocycles. The highest BCUT2D eigenvalue weighted by molar-refractivity contribution is 5.41. The van der Waals surface area contributed by atoms with Gasteiger partial charge in [-0.05, 0) is 60.7 Å². The summed E-state index contributed by atoms with van der Waals surface area (Å²) in [6.45, 7) is 12.6. The summed E-state index contributed by atoms with van der Waals surface area (Å²) in [6.07, 6.45) is 7.85. The molecule has 0 amide bonds. The quantitative estimate of drug-likeness (QED) is 0.723. The molecule has 1 unspecified atom stereocenters. The Morgan fingerprint density at radius 3 is 2.50 bits per heavy atom. The van der Waals surface area contributed by atoms with Gasteiger partial charge in [0.05, 0.1) is 0 Å². The average Bonchev–Trinajstić information content (AvgIpc) is 2.90. The van der Waals surface area contributed by atoms with Crippen LogP contribution in [0.4, 0.5) is 0 Å². The molecule has 0 saturated heterocycles. The summed E-state index contributed by atoms with van der Waals surface area (Å²) >= 11 is 0. The number of fused-ring (bicyclic) bond motifs is 1. The molecule has 1 spiro atoms. The number of allylic oxidation sites excluding steroid dienone is 1. The minimum Gasteiger partial charge on any atom is -0.396 e. The van der Waals surface area contributed by atoms with Gasteiger partial charge >= 0.3 is 0 Å². The van der Waals surface area contributed by atoms with Crippen molar-refractivity contribution < 1.29 is 5.11 Å². The maximum atomic E-state index is 9.83. The summed E-state index contributed by atoms with van der Waals surface area (Å²) in [4.78, 5) is 0. The van der Waals surface area contributed by atoms with Gasteiger partial charge in [0.25, 0.3) is 0 Å². The number of rotatable bonds is 3. The van der Waals surface area contributed by atoms with Crippen molar-refractivity contribution >= 4 is 0 Å². The molecule has 1 nitrogen and oxygen atoms in total. The summed E-state index contributed by atoms with van der Waals surface area (Å²) in [5.41, 5.74) is 4.72. The number of hydrogen-bond acceptors (Lipinski definition) is 1. The summed E-state index contributed by atoms with van der Waals surface area (Å²) in [5, 5.41) is 9.83. The molecule has 20 heavy (non-hydrogen) atoms. The Morgan fingerprint density at radius 2 is 1.90 bits per heavy atom. The molecule has 1 heteroatoms. The molecule has 2 bridgehead atoms. The Labute approximate surface area is 124 Å². The van der Waals surface area contributed by atoms with Crippen molar-refractivity contribution in [1.29, 1.82) is 0 Å². The van der Waals surface area contributed by atoms with E-state index in [9.17, 15) is 5.11 Å². The molecule has 114 valence electrons. The maximum Gasteiger partial charge on any atom is 0.0496 e. The molecular formula is C19H32O. The predicted molar refractivity (Wildman–Crippen MR) is 84.5 cm³/mol. The van der Waals surface area contributed by atoms with Crippen molar-refractivity contribution in [2.45, 2.75) is 73.1 Å². The molecule has 0 aliphatic heterocycles. The Bertz CT molecular complexity index is 439. The molecule has 0 radical (unpaired) electrons. The number of aliphatic hydroxyl groups excluding tert-OH is 1. The van der Waals surface area contributed by atoms with Crippen LogP contribution in [0.2, 0.25) is 0 Å². The van der Waals surface area contributed by atoms with E-state index >= 15 is 0 Å². The third-order valence-corrected chi connectivity index (χ3v) is 7.50. The van der Waals surface area contributed by atoms with Gasteiger partial charge in [0, 0.05) is 12.5 Å². The lowest BCUT2D eigenvalue weighted by Crippen LogP contribution is -2.44. The SMILES string of the molecule is CC[C@H](CO)C1=C2C(C)(C)[C@H]3CCC2(C3)C(C)(C)CC1. The van der Waals surface area contributed by atoms with Crippen LogP contribution >= 0.6 is 0 Å². The van der Waals surface area contributed by atoms with E-state index in [1.165, 1.54) is 32.1 Å². The van der Waals surface area contributed by atoms with Gasteiger partial charge < -0.3 is 5.11 Å². The van der Waals surface area contributed by atoms with Gasteiger partial charge in [-0.3, -0.25) is 0 Å². The summed E-state index contributed by atoms with van der Waals surface area (Å²) in [5.74, 6) is 1.29. The summed E-state index contributed by atoms with van der Waals surface area (Å²) in [6, 6.07) is 0. The molecular weight excluding hydrogens is 244 g/mol. The molecule has 0 aromatic rings. The van der Waals surface area contributed by atoms with Crippen LogP contribution in [0, 0.1) is 28.1 Å². The van der Waals surface area contributed by atoms with Crippen LogP contribution in [0.15, 0.2) is 11.1 Å². The van der Waals surface area contributed by atoms with E-state index < -0.39 is 0 Å². The van der Waals surface area contributed by atoms with Crippen molar-refractivity contribution in [3.63, 3.8) is 0 Å². The first-order valence-electron chi connectivity index (χ1n) is 8.65. The van der Waals surface area contributed by atoms with E-state index in [-0.39, 0.29) is 0 Å². The molecule has 3 rings (SSSR count). The number of aliphatic hydroxyl groups is 1. The molecule has 0 aromatic carbocycles. The second-order valence-electron chi connectivity index (χ2n) is 8.82. The highest BCUT2D eigenvalue weighted by Gasteiger charge is 2.65. The lowest BCUT2D eigenvalue weighted by molar-refractivity contribution is 0.0790. The lowest BCUT2D eigenvalue weighted by Gasteiger charge is -2.53. The van der Waals surface area contributed by atoms with Gasteiger partial charge in [0.15, 0.2) is 0 Å². The topological polar surface area (TPSA) is 20.2 Å². The van der Waals surface area contributed by atoms with Gasteiger partial charge in [0.1, 0.15) is 0 Å². The first kappa shape index (κ1) is 14.6. The van der Waals surface area contributed by atoms with Crippen molar-refractivity contribution in [3.8, 4) is 0 Å². The average molecular weight is 276 g/mol. The molecule has 2 saturated carbocycles. The van der Waals surface area contributed by atoms with Crippen LogP contribution in [0.3, 0.4) is 0 Å². The molecule has 0 aromatic heterocycles. The summed E-state index contributed by atoms with van der Waals surface area (Å²) < 4.78 is 0. The smallest absolute Gasteiger partial charge is 0.0496 e. The van der Waals surface area contributed by atoms with Gasteiger partial charge in [0.2, 0.25) is 0 Å². The van der Waals surface area contributed by atoms with E-state index in [4.69, 9.17) is 0 Å². The van der Waals surface area contributed by atoms with E-state index in [0.29, 0.717) is 28.8 Å². The van der Waals surface area contributed by atoms with Crippen molar-refractivity contribution in [1.82, 2.24) is 0 Å². The minimum atomic E-state index is 0.340. The largest absolute Gasteiger partial charge is 0.396 e. The Balaban J connectivity index is 2.19. The molecule has 3 atom stereocenters. The lowest BCUT2D eigenvalue weighted by atomic mass is 9.51. The zero-order chi connectivity index (χ0) is 14.8. The Morgan fingerprint density at radius 1 is 1.20 bits per heavy atom. The molecule has 2 fully saturated rings. The fourth-order valence-corrected chi connectivity index (χ4v) is 6.09. The Hall–Kier alpha value is -0.300.